The zero-order chi connectivity index (χ0) is 17.3. The maximum Gasteiger partial charge on any atom is 0.253 e. The molecule has 0 radical (unpaired) electrons. The van der Waals surface area contributed by atoms with Gasteiger partial charge in [0.1, 0.15) is 0 Å². The van der Waals surface area contributed by atoms with Crippen LogP contribution in [-0.2, 0) is 11.3 Å². The average molecular weight is 329 g/mol. The van der Waals surface area contributed by atoms with Crippen LogP contribution in [0.3, 0.4) is 0 Å². The van der Waals surface area contributed by atoms with Crippen molar-refractivity contribution in [3.05, 3.63) is 35.4 Å². The number of nitrogens with one attached hydrogen (secondary N) is 2. The lowest BCUT2D eigenvalue weighted by atomic mass is 9.95. The van der Waals surface area contributed by atoms with Crippen molar-refractivity contribution in [2.75, 3.05) is 26.2 Å². The number of amides is 2. The van der Waals surface area contributed by atoms with E-state index in [2.05, 4.69) is 10.6 Å². The van der Waals surface area contributed by atoms with E-state index < -0.39 is 5.41 Å². The number of hydrogen-bond donors (Lipinski definition) is 2. The maximum absolute atomic E-state index is 12.6. The summed E-state index contributed by atoms with van der Waals surface area (Å²) in [6, 6.07) is 7.59. The molecule has 2 amide bonds. The summed E-state index contributed by atoms with van der Waals surface area (Å²) in [7, 11) is 0. The second-order valence-corrected chi connectivity index (χ2v) is 8.02. The molecular formula is C19H27N3O2. The number of nitrogens with zero attached hydrogens (tertiary/aromatic N) is 1. The zero-order valence-corrected chi connectivity index (χ0v) is 14.8. The molecule has 0 saturated carbocycles. The van der Waals surface area contributed by atoms with E-state index in [1.54, 1.807) is 0 Å². The van der Waals surface area contributed by atoms with Gasteiger partial charge in [0.15, 0.2) is 0 Å². The molecule has 5 heteroatoms. The van der Waals surface area contributed by atoms with Gasteiger partial charge in [-0.15, -0.1) is 0 Å². The number of rotatable bonds is 3. The summed E-state index contributed by atoms with van der Waals surface area (Å²) in [4.78, 5) is 26.5. The smallest absolute Gasteiger partial charge is 0.253 e. The van der Waals surface area contributed by atoms with Gasteiger partial charge in [0, 0.05) is 43.7 Å². The molecule has 2 heterocycles. The molecule has 2 aliphatic heterocycles. The van der Waals surface area contributed by atoms with Crippen molar-refractivity contribution in [3.63, 3.8) is 0 Å². The lowest BCUT2D eigenvalue weighted by molar-refractivity contribution is -0.128. The molecule has 1 aromatic rings. The minimum Gasteiger partial charge on any atom is -0.352 e. The van der Waals surface area contributed by atoms with Gasteiger partial charge in [-0.05, 0) is 29.5 Å². The van der Waals surface area contributed by atoms with Crippen LogP contribution in [0.4, 0.5) is 0 Å². The van der Waals surface area contributed by atoms with Crippen molar-refractivity contribution in [3.8, 4) is 0 Å². The largest absolute Gasteiger partial charge is 0.352 e. The third-order valence-corrected chi connectivity index (χ3v) is 5.01. The Labute approximate surface area is 143 Å². The van der Waals surface area contributed by atoms with Gasteiger partial charge in [0.2, 0.25) is 5.91 Å². The molecule has 2 N–H and O–H groups in total. The van der Waals surface area contributed by atoms with E-state index in [1.165, 1.54) is 0 Å². The van der Waals surface area contributed by atoms with Crippen LogP contribution in [0.1, 0.15) is 36.7 Å². The summed E-state index contributed by atoms with van der Waals surface area (Å²) in [5, 5.41) is 6.32. The van der Waals surface area contributed by atoms with Gasteiger partial charge < -0.3 is 15.5 Å². The summed E-state index contributed by atoms with van der Waals surface area (Å²) >= 11 is 0. The van der Waals surface area contributed by atoms with Gasteiger partial charge in [0.05, 0.1) is 0 Å². The summed E-state index contributed by atoms with van der Waals surface area (Å²) in [6.07, 6.45) is 0. The van der Waals surface area contributed by atoms with Gasteiger partial charge in [-0.1, -0.05) is 32.9 Å². The highest BCUT2D eigenvalue weighted by molar-refractivity contribution is 5.94. The van der Waals surface area contributed by atoms with Crippen LogP contribution < -0.4 is 10.6 Å². The van der Waals surface area contributed by atoms with E-state index in [1.807, 2.05) is 49.9 Å². The summed E-state index contributed by atoms with van der Waals surface area (Å²) < 4.78 is 0. The third-order valence-electron chi connectivity index (χ3n) is 5.01. The van der Waals surface area contributed by atoms with E-state index in [9.17, 15) is 9.59 Å². The average Bonchev–Trinajstić information content (AvgIpc) is 3.13. The fraction of sp³-hybridized carbons (Fsp3) is 0.579. The first kappa shape index (κ1) is 17.0. The van der Waals surface area contributed by atoms with Crippen molar-refractivity contribution in [2.24, 2.45) is 17.3 Å². The Hall–Kier alpha value is -1.88. The number of benzene rings is 1. The molecule has 5 nitrogen and oxygen atoms in total. The molecule has 0 aromatic heterocycles. The Kier molecular flexibility index (Phi) is 4.63. The highest BCUT2D eigenvalue weighted by Gasteiger charge is 2.38. The van der Waals surface area contributed by atoms with Crippen molar-refractivity contribution in [2.45, 2.75) is 27.3 Å². The molecule has 0 aliphatic carbocycles. The van der Waals surface area contributed by atoms with Crippen molar-refractivity contribution < 1.29 is 9.59 Å². The van der Waals surface area contributed by atoms with Crippen LogP contribution in [0, 0.1) is 17.3 Å². The number of likely N-dealkylation sites (tertiary alicyclic amines) is 1. The zero-order valence-electron chi connectivity index (χ0n) is 14.8. The Bertz CT molecular complexity index is 606. The van der Waals surface area contributed by atoms with E-state index in [0.717, 1.165) is 37.3 Å². The second-order valence-electron chi connectivity index (χ2n) is 8.02. The molecule has 0 bridgehead atoms. The van der Waals surface area contributed by atoms with Gasteiger partial charge >= 0.3 is 0 Å². The summed E-state index contributed by atoms with van der Waals surface area (Å²) in [5.74, 6) is 1.37. The second kappa shape index (κ2) is 6.55. The minimum atomic E-state index is -0.390. The molecule has 2 atom stereocenters. The predicted octanol–water partition coefficient (Wildman–Crippen LogP) is 1.64. The van der Waals surface area contributed by atoms with Gasteiger partial charge in [-0.25, -0.2) is 0 Å². The first-order valence-corrected chi connectivity index (χ1v) is 8.72. The Morgan fingerprint density at radius 1 is 1.12 bits per heavy atom. The van der Waals surface area contributed by atoms with Gasteiger partial charge in [-0.2, -0.15) is 0 Å². The van der Waals surface area contributed by atoms with Crippen LogP contribution in [0.5, 0.6) is 0 Å². The van der Waals surface area contributed by atoms with Crippen LogP contribution in [0.25, 0.3) is 0 Å². The van der Waals surface area contributed by atoms with Crippen LogP contribution in [-0.4, -0.2) is 42.9 Å². The Morgan fingerprint density at radius 2 is 1.71 bits per heavy atom. The van der Waals surface area contributed by atoms with E-state index >= 15 is 0 Å². The van der Waals surface area contributed by atoms with Crippen molar-refractivity contribution >= 4 is 11.8 Å². The molecular weight excluding hydrogens is 302 g/mol. The quantitative estimate of drug-likeness (QED) is 0.886. The predicted molar refractivity (Wildman–Crippen MR) is 93.5 cm³/mol. The molecule has 2 saturated heterocycles. The highest BCUT2D eigenvalue weighted by Crippen LogP contribution is 2.27. The van der Waals surface area contributed by atoms with Crippen molar-refractivity contribution in [1.82, 2.24) is 15.5 Å². The van der Waals surface area contributed by atoms with Crippen LogP contribution in [0.2, 0.25) is 0 Å². The number of hydrogen-bond acceptors (Lipinski definition) is 3. The van der Waals surface area contributed by atoms with E-state index in [-0.39, 0.29) is 11.8 Å². The maximum atomic E-state index is 12.6. The topological polar surface area (TPSA) is 61.4 Å². The monoisotopic (exact) mass is 329 g/mol. The first-order chi connectivity index (χ1) is 11.3. The van der Waals surface area contributed by atoms with E-state index in [0.29, 0.717) is 18.4 Å². The number of fused-ring (bicyclic) bond motifs is 1. The van der Waals surface area contributed by atoms with Gasteiger partial charge in [-0.3, -0.25) is 9.59 Å². The molecule has 0 unspecified atom stereocenters. The standard InChI is InChI=1S/C19H27N3O2/c1-19(2,3)18(24)21-8-13-4-6-14(7-5-13)17(23)22-11-15-9-20-10-16(15)12-22/h4-7,15-16,20H,8-12H2,1-3H3,(H,21,24)/t15-,16+. The van der Waals surface area contributed by atoms with E-state index in [4.69, 9.17) is 0 Å². The highest BCUT2D eigenvalue weighted by atomic mass is 16.2. The van der Waals surface area contributed by atoms with Gasteiger partial charge in [0.25, 0.3) is 5.91 Å². The molecule has 2 aliphatic rings. The lowest BCUT2D eigenvalue weighted by Crippen LogP contribution is -2.34. The van der Waals surface area contributed by atoms with Crippen molar-refractivity contribution in [1.29, 1.82) is 0 Å². The lowest BCUT2D eigenvalue weighted by Gasteiger charge is -2.19. The minimum absolute atomic E-state index is 0.0277. The molecule has 2 fully saturated rings. The Balaban J connectivity index is 1.56. The summed E-state index contributed by atoms with van der Waals surface area (Å²) in [5.41, 5.74) is 1.35. The van der Waals surface area contributed by atoms with Crippen LogP contribution in [0.15, 0.2) is 24.3 Å². The van der Waals surface area contributed by atoms with Crippen LogP contribution >= 0.6 is 0 Å². The molecule has 3 rings (SSSR count). The fourth-order valence-corrected chi connectivity index (χ4v) is 3.42. The molecule has 130 valence electrons. The molecule has 1 aromatic carbocycles. The Morgan fingerprint density at radius 3 is 2.25 bits per heavy atom. The third kappa shape index (κ3) is 3.61. The molecule has 0 spiro atoms. The molecule has 24 heavy (non-hydrogen) atoms. The SMILES string of the molecule is CC(C)(C)C(=O)NCc1ccc(C(=O)N2C[C@H]3CNC[C@H]3C2)cc1. The number of carbonyl (C=O) groups is 2. The fourth-order valence-electron chi connectivity index (χ4n) is 3.42. The summed E-state index contributed by atoms with van der Waals surface area (Å²) in [6.45, 7) is 9.95. The number of carbonyl (C=O) groups excluding carboxylic acids is 2. The normalized spacial score (nSPS) is 23.2. The first-order valence-electron chi connectivity index (χ1n) is 8.72.